The van der Waals surface area contributed by atoms with E-state index in [0.717, 1.165) is 11.3 Å². The van der Waals surface area contributed by atoms with Gasteiger partial charge in [-0.15, -0.1) is 0 Å². The molecule has 0 bridgehead atoms. The number of hydrogen-bond acceptors (Lipinski definition) is 5. The highest BCUT2D eigenvalue weighted by Gasteiger charge is 2.38. The Labute approximate surface area is 158 Å². The Morgan fingerprint density at radius 2 is 1.85 bits per heavy atom. The second-order valence-electron chi connectivity index (χ2n) is 6.73. The van der Waals surface area contributed by atoms with E-state index < -0.39 is 6.04 Å². The van der Waals surface area contributed by atoms with Gasteiger partial charge in [-0.3, -0.25) is 14.4 Å². The number of ether oxygens (including phenoxy) is 2. The molecular weight excluding hydrogens is 350 g/mol. The molecule has 2 aliphatic heterocycles. The highest BCUT2D eigenvalue weighted by Crippen LogP contribution is 2.18. The van der Waals surface area contributed by atoms with Crippen molar-refractivity contribution >= 4 is 17.7 Å². The van der Waals surface area contributed by atoms with Gasteiger partial charge < -0.3 is 24.2 Å². The van der Waals surface area contributed by atoms with Crippen molar-refractivity contribution in [3.8, 4) is 5.75 Å². The second-order valence-corrected chi connectivity index (χ2v) is 6.73. The van der Waals surface area contributed by atoms with Crippen LogP contribution in [0.25, 0.3) is 0 Å². The van der Waals surface area contributed by atoms with Crippen molar-refractivity contribution in [1.29, 1.82) is 0 Å². The summed E-state index contributed by atoms with van der Waals surface area (Å²) in [5.74, 6) is 0.230. The van der Waals surface area contributed by atoms with Gasteiger partial charge in [-0.25, -0.2) is 0 Å². The van der Waals surface area contributed by atoms with Gasteiger partial charge in [-0.1, -0.05) is 12.1 Å². The van der Waals surface area contributed by atoms with Crippen molar-refractivity contribution in [2.75, 3.05) is 46.5 Å². The van der Waals surface area contributed by atoms with Crippen molar-refractivity contribution in [3.05, 3.63) is 29.8 Å². The van der Waals surface area contributed by atoms with Gasteiger partial charge in [0.1, 0.15) is 24.9 Å². The molecular formula is C19H25N3O5. The highest BCUT2D eigenvalue weighted by atomic mass is 16.5. The lowest BCUT2D eigenvalue weighted by atomic mass is 10.1. The van der Waals surface area contributed by atoms with Crippen LogP contribution in [-0.4, -0.2) is 85.0 Å². The fourth-order valence-electron chi connectivity index (χ4n) is 3.31. The Morgan fingerprint density at radius 3 is 2.48 bits per heavy atom. The number of carbonyl (C=O) groups is 3. The van der Waals surface area contributed by atoms with Crippen LogP contribution < -0.4 is 4.74 Å². The molecule has 1 atom stereocenters. The largest absolute Gasteiger partial charge is 0.497 e. The molecule has 1 aromatic rings. The van der Waals surface area contributed by atoms with Crippen molar-refractivity contribution in [2.24, 2.45) is 0 Å². The molecule has 1 aromatic carbocycles. The van der Waals surface area contributed by atoms with Crippen LogP contribution in [0.15, 0.2) is 24.3 Å². The maximum atomic E-state index is 12.7. The highest BCUT2D eigenvalue weighted by molar-refractivity contribution is 5.96. The summed E-state index contributed by atoms with van der Waals surface area (Å²) in [7, 11) is 1.59. The third kappa shape index (κ3) is 4.39. The summed E-state index contributed by atoms with van der Waals surface area (Å²) in [4.78, 5) is 42.3. The Hall–Kier alpha value is -2.61. The zero-order chi connectivity index (χ0) is 19.4. The summed E-state index contributed by atoms with van der Waals surface area (Å²) in [5, 5.41) is 0. The molecule has 0 unspecified atom stereocenters. The van der Waals surface area contributed by atoms with E-state index in [1.165, 1.54) is 9.80 Å². The predicted octanol–water partition coefficient (Wildman–Crippen LogP) is 0.113. The molecule has 0 aliphatic carbocycles. The van der Waals surface area contributed by atoms with Crippen LogP contribution in [0.4, 0.5) is 0 Å². The summed E-state index contributed by atoms with van der Waals surface area (Å²) in [6.45, 7) is 3.98. The normalized spacial score (nSPS) is 20.8. The Morgan fingerprint density at radius 1 is 1.19 bits per heavy atom. The number of hydrogen-bond donors (Lipinski definition) is 0. The van der Waals surface area contributed by atoms with Gasteiger partial charge in [0.15, 0.2) is 0 Å². The number of morpholine rings is 1. The Kier molecular flexibility index (Phi) is 5.95. The third-order valence-corrected chi connectivity index (χ3v) is 4.98. The summed E-state index contributed by atoms with van der Waals surface area (Å²) >= 11 is 0. The van der Waals surface area contributed by atoms with Crippen molar-refractivity contribution in [1.82, 2.24) is 14.7 Å². The van der Waals surface area contributed by atoms with Crippen LogP contribution in [0.5, 0.6) is 5.75 Å². The first-order valence-corrected chi connectivity index (χ1v) is 9.06. The molecule has 8 heteroatoms. The van der Waals surface area contributed by atoms with E-state index in [2.05, 4.69) is 0 Å². The molecule has 146 valence electrons. The molecule has 3 rings (SSSR count). The first kappa shape index (κ1) is 19.2. The Balaban J connectivity index is 1.62. The summed E-state index contributed by atoms with van der Waals surface area (Å²) in [5.41, 5.74) is 0.919. The van der Waals surface area contributed by atoms with E-state index in [9.17, 15) is 14.4 Å². The summed E-state index contributed by atoms with van der Waals surface area (Å²) < 4.78 is 10.4. The quantitative estimate of drug-likeness (QED) is 0.730. The monoisotopic (exact) mass is 375 g/mol. The molecule has 3 amide bonds. The Bertz CT molecular complexity index is 700. The van der Waals surface area contributed by atoms with Gasteiger partial charge >= 0.3 is 0 Å². The average molecular weight is 375 g/mol. The maximum Gasteiger partial charge on any atom is 0.245 e. The summed E-state index contributed by atoms with van der Waals surface area (Å²) in [6, 6.07) is 6.73. The first-order chi connectivity index (χ1) is 13.0. The van der Waals surface area contributed by atoms with Crippen molar-refractivity contribution in [2.45, 2.75) is 19.5 Å². The van der Waals surface area contributed by atoms with E-state index in [4.69, 9.17) is 9.47 Å². The van der Waals surface area contributed by atoms with Gasteiger partial charge in [0.2, 0.25) is 17.7 Å². The minimum Gasteiger partial charge on any atom is -0.497 e. The number of rotatable bonds is 5. The zero-order valence-electron chi connectivity index (χ0n) is 15.7. The van der Waals surface area contributed by atoms with Crippen molar-refractivity contribution < 1.29 is 23.9 Å². The van der Waals surface area contributed by atoms with Crippen LogP contribution in [0.1, 0.15) is 12.5 Å². The minimum atomic E-state index is -0.658. The first-order valence-electron chi connectivity index (χ1n) is 9.06. The second kappa shape index (κ2) is 8.39. The number of carbonyl (C=O) groups excluding carboxylic acids is 3. The molecule has 27 heavy (non-hydrogen) atoms. The standard InChI is InChI=1S/C19H25N3O5/c1-14-19(25)21(11-15-3-5-16(26-2)6-4-15)12-18(24)22(14)13-17(23)20-7-9-27-10-8-20/h3-6,14H,7-13H2,1-2H3/t14-/m0/s1. The van der Waals surface area contributed by atoms with Gasteiger partial charge in [-0.05, 0) is 24.6 Å². The molecule has 2 saturated heterocycles. The van der Waals surface area contributed by atoms with Crippen molar-refractivity contribution in [3.63, 3.8) is 0 Å². The van der Waals surface area contributed by atoms with E-state index in [0.29, 0.717) is 32.8 Å². The number of benzene rings is 1. The topological polar surface area (TPSA) is 79.4 Å². The van der Waals surface area contributed by atoms with Gasteiger partial charge in [0.25, 0.3) is 0 Å². The average Bonchev–Trinajstić information content (AvgIpc) is 2.70. The molecule has 8 nitrogen and oxygen atoms in total. The maximum absolute atomic E-state index is 12.7. The predicted molar refractivity (Wildman–Crippen MR) is 97.0 cm³/mol. The van der Waals surface area contributed by atoms with E-state index >= 15 is 0 Å². The van der Waals surface area contributed by atoms with Gasteiger partial charge in [-0.2, -0.15) is 0 Å². The lowest BCUT2D eigenvalue weighted by Crippen LogP contribution is -2.60. The van der Waals surface area contributed by atoms with E-state index in [1.54, 1.807) is 18.9 Å². The SMILES string of the molecule is COc1ccc(CN2CC(=O)N(CC(=O)N3CCOCC3)[C@@H](C)C2=O)cc1. The van der Waals surface area contributed by atoms with E-state index in [-0.39, 0.29) is 30.8 Å². The van der Waals surface area contributed by atoms with Crippen LogP contribution in [0, 0.1) is 0 Å². The van der Waals surface area contributed by atoms with Crippen LogP contribution in [-0.2, 0) is 25.7 Å². The molecule has 0 radical (unpaired) electrons. The minimum absolute atomic E-state index is 0.0222. The number of nitrogens with zero attached hydrogens (tertiary/aromatic N) is 3. The lowest BCUT2D eigenvalue weighted by Gasteiger charge is -2.39. The molecule has 2 aliphatic rings. The number of methoxy groups -OCH3 is 1. The van der Waals surface area contributed by atoms with Gasteiger partial charge in [0, 0.05) is 19.6 Å². The number of amides is 3. The molecule has 0 saturated carbocycles. The number of piperazine rings is 1. The van der Waals surface area contributed by atoms with Crippen LogP contribution in [0.3, 0.4) is 0 Å². The fourth-order valence-corrected chi connectivity index (χ4v) is 3.31. The molecule has 2 fully saturated rings. The molecule has 0 spiro atoms. The molecule has 0 aromatic heterocycles. The molecule has 2 heterocycles. The zero-order valence-corrected chi connectivity index (χ0v) is 15.7. The summed E-state index contributed by atoms with van der Waals surface area (Å²) in [6.07, 6.45) is 0. The fraction of sp³-hybridized carbons (Fsp3) is 0.526. The molecule has 0 N–H and O–H groups in total. The lowest BCUT2D eigenvalue weighted by molar-refractivity contribution is -0.158. The van der Waals surface area contributed by atoms with Crippen LogP contribution in [0.2, 0.25) is 0 Å². The van der Waals surface area contributed by atoms with Gasteiger partial charge in [0.05, 0.1) is 20.3 Å². The van der Waals surface area contributed by atoms with Crippen LogP contribution >= 0.6 is 0 Å². The third-order valence-electron chi connectivity index (χ3n) is 4.98. The smallest absolute Gasteiger partial charge is 0.245 e. The van der Waals surface area contributed by atoms with E-state index in [1.807, 2.05) is 24.3 Å².